The zero-order valence-electron chi connectivity index (χ0n) is 10.2. The van der Waals surface area contributed by atoms with E-state index in [4.69, 9.17) is 11.6 Å². The average Bonchev–Trinajstić information content (AvgIpc) is 2.42. The number of nitrogens with zero attached hydrogens (tertiary/aromatic N) is 2. The molecule has 19 heavy (non-hydrogen) atoms. The summed E-state index contributed by atoms with van der Waals surface area (Å²) in [5, 5.41) is 1.17. The fourth-order valence-electron chi connectivity index (χ4n) is 1.90. The Labute approximate surface area is 114 Å². The maximum Gasteiger partial charge on any atom is 0.161 e. The average molecular weight is 273 g/mol. The molecule has 1 aromatic heterocycles. The molecule has 0 saturated heterocycles. The molecule has 0 saturated carbocycles. The van der Waals surface area contributed by atoms with Gasteiger partial charge in [-0.25, -0.2) is 14.4 Å². The van der Waals surface area contributed by atoms with Crippen molar-refractivity contribution in [3.05, 3.63) is 59.0 Å². The Bertz CT molecular complexity index is 771. The van der Waals surface area contributed by atoms with Gasteiger partial charge < -0.3 is 0 Å². The van der Waals surface area contributed by atoms with Crippen molar-refractivity contribution >= 4 is 22.5 Å². The maximum absolute atomic E-state index is 13.6. The van der Waals surface area contributed by atoms with Gasteiger partial charge >= 0.3 is 0 Å². The van der Waals surface area contributed by atoms with E-state index >= 15 is 0 Å². The Morgan fingerprint density at radius 3 is 2.63 bits per heavy atom. The number of fused-ring (bicyclic) bond motifs is 1. The van der Waals surface area contributed by atoms with Gasteiger partial charge in [0.05, 0.1) is 5.52 Å². The molecule has 2 nitrogen and oxygen atoms in total. The third-order valence-electron chi connectivity index (χ3n) is 2.99. The van der Waals surface area contributed by atoms with Gasteiger partial charge in [-0.15, -0.1) is 0 Å². The summed E-state index contributed by atoms with van der Waals surface area (Å²) in [4.78, 5) is 8.64. The molecule has 3 aromatic rings. The SMILES string of the molecule is Cc1ccc(-c2nc(Cl)c3ccccc3n2)cc1F. The van der Waals surface area contributed by atoms with E-state index in [-0.39, 0.29) is 5.82 Å². The number of rotatable bonds is 1. The van der Waals surface area contributed by atoms with Crippen molar-refractivity contribution in [1.82, 2.24) is 9.97 Å². The molecule has 0 aliphatic heterocycles. The molecule has 0 fully saturated rings. The van der Waals surface area contributed by atoms with Gasteiger partial charge in [-0.2, -0.15) is 0 Å². The van der Waals surface area contributed by atoms with Crippen molar-refractivity contribution in [3.8, 4) is 11.4 Å². The Hall–Kier alpha value is -2.00. The highest BCUT2D eigenvalue weighted by Gasteiger charge is 2.09. The standard InChI is InChI=1S/C15H10ClFN2/c1-9-6-7-10(8-12(9)17)15-18-13-5-3-2-4-11(13)14(16)19-15/h2-8H,1H3. The molecule has 0 spiro atoms. The first-order valence-corrected chi connectivity index (χ1v) is 6.22. The van der Waals surface area contributed by atoms with Crippen LogP contribution in [0.25, 0.3) is 22.3 Å². The molecule has 3 rings (SSSR count). The minimum atomic E-state index is -0.273. The van der Waals surface area contributed by atoms with Crippen LogP contribution >= 0.6 is 11.6 Å². The zero-order valence-corrected chi connectivity index (χ0v) is 10.9. The van der Waals surface area contributed by atoms with Crippen LogP contribution in [0.5, 0.6) is 0 Å². The normalized spacial score (nSPS) is 10.9. The van der Waals surface area contributed by atoms with Crippen LogP contribution in [0.2, 0.25) is 5.15 Å². The zero-order chi connectivity index (χ0) is 13.4. The second-order valence-electron chi connectivity index (χ2n) is 4.32. The van der Waals surface area contributed by atoms with Crippen LogP contribution in [0.15, 0.2) is 42.5 Å². The highest BCUT2D eigenvalue weighted by Crippen LogP contribution is 2.25. The molecular weight excluding hydrogens is 263 g/mol. The van der Waals surface area contributed by atoms with E-state index in [1.807, 2.05) is 24.3 Å². The molecule has 0 bridgehead atoms. The van der Waals surface area contributed by atoms with Crippen molar-refractivity contribution < 1.29 is 4.39 Å². The first kappa shape index (κ1) is 12.1. The monoisotopic (exact) mass is 272 g/mol. The summed E-state index contributed by atoms with van der Waals surface area (Å²) in [6, 6.07) is 12.4. The van der Waals surface area contributed by atoms with Gasteiger partial charge in [-0.1, -0.05) is 35.9 Å². The maximum atomic E-state index is 13.6. The lowest BCUT2D eigenvalue weighted by molar-refractivity contribution is 0.619. The van der Waals surface area contributed by atoms with Crippen LogP contribution in [0.4, 0.5) is 4.39 Å². The van der Waals surface area contributed by atoms with E-state index in [2.05, 4.69) is 9.97 Å². The summed E-state index contributed by atoms with van der Waals surface area (Å²) in [6.07, 6.45) is 0. The predicted octanol–water partition coefficient (Wildman–Crippen LogP) is 4.40. The summed E-state index contributed by atoms with van der Waals surface area (Å²) in [5.41, 5.74) is 1.96. The first-order valence-electron chi connectivity index (χ1n) is 5.84. The Morgan fingerprint density at radius 1 is 1.05 bits per heavy atom. The summed E-state index contributed by atoms with van der Waals surface area (Å²) < 4.78 is 13.6. The van der Waals surface area contributed by atoms with Crippen molar-refractivity contribution in [3.63, 3.8) is 0 Å². The second-order valence-corrected chi connectivity index (χ2v) is 4.68. The van der Waals surface area contributed by atoms with Gasteiger partial charge in [-0.05, 0) is 30.7 Å². The molecule has 0 unspecified atom stereocenters. The Morgan fingerprint density at radius 2 is 1.84 bits per heavy atom. The largest absolute Gasteiger partial charge is 0.228 e. The Balaban J connectivity index is 2.22. The van der Waals surface area contributed by atoms with Gasteiger partial charge in [-0.3, -0.25) is 0 Å². The number of halogens is 2. The Kier molecular flexibility index (Phi) is 2.91. The fraction of sp³-hybridized carbons (Fsp3) is 0.0667. The second kappa shape index (κ2) is 4.59. The molecule has 0 amide bonds. The number of hydrogen-bond donors (Lipinski definition) is 0. The smallest absolute Gasteiger partial charge is 0.161 e. The van der Waals surface area contributed by atoms with Crippen molar-refractivity contribution in [1.29, 1.82) is 0 Å². The van der Waals surface area contributed by atoms with E-state index < -0.39 is 0 Å². The molecule has 0 aliphatic rings. The lowest BCUT2D eigenvalue weighted by Gasteiger charge is -2.05. The summed E-state index contributed by atoms with van der Waals surface area (Å²) in [7, 11) is 0. The van der Waals surface area contributed by atoms with Gasteiger partial charge in [0.1, 0.15) is 11.0 Å². The van der Waals surface area contributed by atoms with Crippen LogP contribution in [0, 0.1) is 12.7 Å². The van der Waals surface area contributed by atoms with Crippen molar-refractivity contribution in [2.75, 3.05) is 0 Å². The van der Waals surface area contributed by atoms with E-state index in [0.717, 1.165) is 10.9 Å². The van der Waals surface area contributed by atoms with Gasteiger partial charge in [0.2, 0.25) is 0 Å². The first-order chi connectivity index (χ1) is 9.15. The molecule has 0 radical (unpaired) electrons. The minimum Gasteiger partial charge on any atom is -0.228 e. The topological polar surface area (TPSA) is 25.8 Å². The number of aromatic nitrogens is 2. The fourth-order valence-corrected chi connectivity index (χ4v) is 2.14. The quantitative estimate of drug-likeness (QED) is 0.614. The molecule has 2 aromatic carbocycles. The summed E-state index contributed by atoms with van der Waals surface area (Å²) >= 11 is 6.14. The predicted molar refractivity (Wildman–Crippen MR) is 74.7 cm³/mol. The van der Waals surface area contributed by atoms with Crippen LogP contribution in [-0.2, 0) is 0 Å². The number of para-hydroxylation sites is 1. The van der Waals surface area contributed by atoms with E-state index in [9.17, 15) is 4.39 Å². The van der Waals surface area contributed by atoms with E-state index in [1.165, 1.54) is 6.07 Å². The van der Waals surface area contributed by atoms with Crippen LogP contribution in [0.1, 0.15) is 5.56 Å². The third kappa shape index (κ3) is 2.17. The van der Waals surface area contributed by atoms with Crippen LogP contribution in [0.3, 0.4) is 0 Å². The number of hydrogen-bond acceptors (Lipinski definition) is 2. The van der Waals surface area contributed by atoms with Gasteiger partial charge in [0, 0.05) is 10.9 Å². The molecule has 4 heteroatoms. The molecular formula is C15H10ClFN2. The number of benzene rings is 2. The molecule has 94 valence electrons. The van der Waals surface area contributed by atoms with Crippen LogP contribution < -0.4 is 0 Å². The van der Waals surface area contributed by atoms with E-state index in [1.54, 1.807) is 19.1 Å². The van der Waals surface area contributed by atoms with Gasteiger partial charge in [0.15, 0.2) is 5.82 Å². The summed E-state index contributed by atoms with van der Waals surface area (Å²) in [5.74, 6) is 0.160. The van der Waals surface area contributed by atoms with Crippen LogP contribution in [-0.4, -0.2) is 9.97 Å². The van der Waals surface area contributed by atoms with E-state index in [0.29, 0.717) is 22.1 Å². The van der Waals surface area contributed by atoms with Crippen molar-refractivity contribution in [2.45, 2.75) is 6.92 Å². The highest BCUT2D eigenvalue weighted by molar-refractivity contribution is 6.34. The molecule has 0 N–H and O–H groups in total. The molecule has 1 heterocycles. The third-order valence-corrected chi connectivity index (χ3v) is 3.27. The number of aryl methyl sites for hydroxylation is 1. The molecule has 0 aliphatic carbocycles. The summed E-state index contributed by atoms with van der Waals surface area (Å²) in [6.45, 7) is 1.72. The lowest BCUT2D eigenvalue weighted by atomic mass is 10.1. The van der Waals surface area contributed by atoms with Gasteiger partial charge in [0.25, 0.3) is 0 Å². The van der Waals surface area contributed by atoms with Crippen molar-refractivity contribution in [2.24, 2.45) is 0 Å². The molecule has 0 atom stereocenters. The lowest BCUT2D eigenvalue weighted by Crippen LogP contribution is -1.93. The highest BCUT2D eigenvalue weighted by atomic mass is 35.5. The minimum absolute atomic E-state index is 0.273.